The SMILES string of the molecule is COc1ccc([S+]([O-])N(CC(=O)Nc2ccc(F)c(Cl)c2)c2ccccc2)cc1. The van der Waals surface area contributed by atoms with Gasteiger partial charge >= 0.3 is 0 Å². The third-order valence-electron chi connectivity index (χ3n) is 4.00. The molecule has 5 nitrogen and oxygen atoms in total. The first-order chi connectivity index (χ1) is 14.0. The Balaban J connectivity index is 1.81. The van der Waals surface area contributed by atoms with Crippen LogP contribution in [-0.2, 0) is 16.2 Å². The first kappa shape index (κ1) is 21.0. The van der Waals surface area contributed by atoms with Crippen molar-refractivity contribution >= 4 is 40.2 Å². The molecule has 3 aromatic carbocycles. The van der Waals surface area contributed by atoms with Crippen LogP contribution in [0.4, 0.5) is 15.8 Å². The Hall–Kier alpha value is -2.74. The summed E-state index contributed by atoms with van der Waals surface area (Å²) in [7, 11) is 1.55. The Labute approximate surface area is 176 Å². The number of hydrogen-bond donors (Lipinski definition) is 1. The lowest BCUT2D eigenvalue weighted by Crippen LogP contribution is -2.38. The van der Waals surface area contributed by atoms with Crippen molar-refractivity contribution in [3.8, 4) is 5.75 Å². The maximum atomic E-state index is 13.3. The molecular formula is C21H18ClFN2O3S. The number of rotatable bonds is 7. The second kappa shape index (κ2) is 9.65. The number of methoxy groups -OCH3 is 1. The molecule has 8 heteroatoms. The number of ether oxygens (including phenoxy) is 1. The summed E-state index contributed by atoms with van der Waals surface area (Å²) in [5.74, 6) is -0.350. The minimum Gasteiger partial charge on any atom is -0.588 e. The first-order valence-electron chi connectivity index (χ1n) is 8.61. The highest BCUT2D eigenvalue weighted by Gasteiger charge is 2.26. The molecule has 0 aliphatic carbocycles. The fraction of sp³-hybridized carbons (Fsp3) is 0.0952. The second-order valence-corrected chi connectivity index (χ2v) is 7.79. The third-order valence-corrected chi connectivity index (χ3v) is 5.70. The largest absolute Gasteiger partial charge is 0.588 e. The summed E-state index contributed by atoms with van der Waals surface area (Å²) in [6.07, 6.45) is 0. The Kier molecular flexibility index (Phi) is 6.98. The van der Waals surface area contributed by atoms with Crippen LogP contribution in [0.25, 0.3) is 0 Å². The number of nitrogens with one attached hydrogen (secondary N) is 1. The average Bonchev–Trinajstić information content (AvgIpc) is 2.75. The molecule has 1 N–H and O–H groups in total. The number of carbonyl (C=O) groups is 1. The fourth-order valence-electron chi connectivity index (χ4n) is 2.56. The molecule has 0 spiro atoms. The lowest BCUT2D eigenvalue weighted by Gasteiger charge is -2.25. The van der Waals surface area contributed by atoms with Crippen molar-refractivity contribution in [1.29, 1.82) is 0 Å². The number of benzene rings is 3. The van der Waals surface area contributed by atoms with Crippen molar-refractivity contribution in [2.45, 2.75) is 4.90 Å². The van der Waals surface area contributed by atoms with E-state index in [1.165, 1.54) is 22.5 Å². The minimum absolute atomic E-state index is 0.0930. The van der Waals surface area contributed by atoms with Gasteiger partial charge in [0.25, 0.3) is 0 Å². The van der Waals surface area contributed by atoms with Crippen molar-refractivity contribution in [3.05, 3.63) is 83.6 Å². The summed E-state index contributed by atoms with van der Waals surface area (Å²) in [5, 5.41) is 2.56. The van der Waals surface area contributed by atoms with E-state index in [9.17, 15) is 13.7 Å². The van der Waals surface area contributed by atoms with Gasteiger partial charge in [0.15, 0.2) is 4.90 Å². The van der Waals surface area contributed by atoms with Gasteiger partial charge in [0.05, 0.1) is 17.8 Å². The lowest BCUT2D eigenvalue weighted by molar-refractivity contribution is -0.114. The number of hydrogen-bond acceptors (Lipinski definition) is 4. The zero-order valence-corrected chi connectivity index (χ0v) is 17.0. The molecule has 3 rings (SSSR count). The highest BCUT2D eigenvalue weighted by Crippen LogP contribution is 2.25. The summed E-state index contributed by atoms with van der Waals surface area (Å²) in [5.41, 5.74) is 0.971. The van der Waals surface area contributed by atoms with Crippen LogP contribution in [0.1, 0.15) is 0 Å². The molecule has 29 heavy (non-hydrogen) atoms. The Morgan fingerprint density at radius 3 is 2.45 bits per heavy atom. The van der Waals surface area contributed by atoms with E-state index in [4.69, 9.17) is 16.3 Å². The van der Waals surface area contributed by atoms with E-state index < -0.39 is 23.1 Å². The lowest BCUT2D eigenvalue weighted by atomic mass is 10.3. The van der Waals surface area contributed by atoms with E-state index in [1.54, 1.807) is 55.6 Å². The molecule has 3 aromatic rings. The van der Waals surface area contributed by atoms with Crippen molar-refractivity contribution < 1.29 is 18.5 Å². The van der Waals surface area contributed by atoms with Crippen molar-refractivity contribution in [2.75, 3.05) is 23.3 Å². The summed E-state index contributed by atoms with van der Waals surface area (Å²) in [6, 6.07) is 19.6. The van der Waals surface area contributed by atoms with Crippen LogP contribution in [0.2, 0.25) is 5.02 Å². The van der Waals surface area contributed by atoms with Crippen LogP contribution in [0, 0.1) is 5.82 Å². The van der Waals surface area contributed by atoms with Crippen LogP contribution in [0.5, 0.6) is 5.75 Å². The number of nitrogens with zero attached hydrogens (tertiary/aromatic N) is 1. The molecule has 0 aliphatic rings. The van der Waals surface area contributed by atoms with Gasteiger partial charge in [0, 0.05) is 5.69 Å². The molecule has 1 amide bonds. The smallest absolute Gasteiger partial charge is 0.248 e. The van der Waals surface area contributed by atoms with E-state index in [0.29, 0.717) is 22.0 Å². The molecule has 0 aromatic heterocycles. The van der Waals surface area contributed by atoms with Crippen LogP contribution < -0.4 is 14.4 Å². The van der Waals surface area contributed by atoms with Crippen LogP contribution in [0.3, 0.4) is 0 Å². The molecule has 150 valence electrons. The standard InChI is InChI=1S/C21H18ClFN2O3S/c1-28-17-8-10-18(11-9-17)29(27)25(16-5-3-2-4-6-16)14-21(26)24-15-7-12-20(23)19(22)13-15/h2-13H,14H2,1H3,(H,24,26). The average molecular weight is 433 g/mol. The maximum Gasteiger partial charge on any atom is 0.248 e. The van der Waals surface area contributed by atoms with Gasteiger partial charge in [-0.2, -0.15) is 4.31 Å². The molecule has 0 heterocycles. The third kappa shape index (κ3) is 5.41. The molecular weight excluding hydrogens is 415 g/mol. The van der Waals surface area contributed by atoms with Crippen LogP contribution in [-0.4, -0.2) is 24.1 Å². The second-order valence-electron chi connectivity index (χ2n) is 5.97. The molecule has 0 fully saturated rings. The van der Waals surface area contributed by atoms with E-state index in [0.717, 1.165) is 0 Å². The zero-order chi connectivity index (χ0) is 20.8. The minimum atomic E-state index is -1.64. The Morgan fingerprint density at radius 2 is 1.83 bits per heavy atom. The van der Waals surface area contributed by atoms with Crippen molar-refractivity contribution in [3.63, 3.8) is 0 Å². The summed E-state index contributed by atoms with van der Waals surface area (Å²) < 4.78 is 33.1. The van der Waals surface area contributed by atoms with Crippen molar-refractivity contribution in [1.82, 2.24) is 0 Å². The number of amides is 1. The highest BCUT2D eigenvalue weighted by molar-refractivity contribution is 7.92. The fourth-order valence-corrected chi connectivity index (χ4v) is 3.92. The van der Waals surface area contributed by atoms with Gasteiger partial charge in [-0.25, -0.2) is 4.39 Å². The normalized spacial score (nSPS) is 11.6. The van der Waals surface area contributed by atoms with Gasteiger partial charge in [-0.1, -0.05) is 29.8 Å². The molecule has 0 saturated carbocycles. The summed E-state index contributed by atoms with van der Waals surface area (Å²) in [4.78, 5) is 13.1. The zero-order valence-electron chi connectivity index (χ0n) is 15.5. The molecule has 1 atom stereocenters. The Bertz CT molecular complexity index is 973. The number of halogens is 2. The van der Waals surface area contributed by atoms with E-state index in [-0.39, 0.29) is 11.6 Å². The van der Waals surface area contributed by atoms with E-state index in [2.05, 4.69) is 5.32 Å². The molecule has 0 aliphatic heterocycles. The molecule has 0 saturated heterocycles. The van der Waals surface area contributed by atoms with Gasteiger partial charge in [-0.05, 0) is 54.6 Å². The summed E-state index contributed by atoms with van der Waals surface area (Å²) in [6.45, 7) is -0.183. The quantitative estimate of drug-likeness (QED) is 0.552. The van der Waals surface area contributed by atoms with Gasteiger partial charge in [-0.3, -0.25) is 4.79 Å². The molecule has 1 unspecified atom stereocenters. The first-order valence-corrected chi connectivity index (χ1v) is 10.1. The Morgan fingerprint density at radius 1 is 1.14 bits per heavy atom. The van der Waals surface area contributed by atoms with Crippen LogP contribution in [0.15, 0.2) is 77.7 Å². The maximum absolute atomic E-state index is 13.3. The number of anilines is 2. The number of para-hydroxylation sites is 1. The van der Waals surface area contributed by atoms with Gasteiger partial charge in [0.2, 0.25) is 5.91 Å². The number of carbonyl (C=O) groups excluding carboxylic acids is 1. The van der Waals surface area contributed by atoms with E-state index in [1.807, 2.05) is 6.07 Å². The van der Waals surface area contributed by atoms with Gasteiger partial charge in [0.1, 0.15) is 29.5 Å². The highest BCUT2D eigenvalue weighted by atomic mass is 35.5. The summed E-state index contributed by atoms with van der Waals surface area (Å²) >= 11 is 4.12. The van der Waals surface area contributed by atoms with E-state index >= 15 is 0 Å². The van der Waals surface area contributed by atoms with Crippen LogP contribution >= 0.6 is 11.6 Å². The predicted octanol–water partition coefficient (Wildman–Crippen LogP) is 4.66. The molecule has 0 radical (unpaired) electrons. The monoisotopic (exact) mass is 432 g/mol. The topological polar surface area (TPSA) is 64.6 Å². The van der Waals surface area contributed by atoms with Gasteiger partial charge < -0.3 is 14.6 Å². The molecule has 0 bridgehead atoms. The predicted molar refractivity (Wildman–Crippen MR) is 113 cm³/mol. The van der Waals surface area contributed by atoms with Crippen molar-refractivity contribution in [2.24, 2.45) is 0 Å². The van der Waals surface area contributed by atoms with Gasteiger partial charge in [-0.15, -0.1) is 0 Å².